The minimum absolute atomic E-state index is 0.0474. The van der Waals surface area contributed by atoms with E-state index in [2.05, 4.69) is 21.2 Å². The summed E-state index contributed by atoms with van der Waals surface area (Å²) in [5, 5.41) is 2.85. The minimum atomic E-state index is -0.421. The first-order valence-electron chi connectivity index (χ1n) is 9.55. The first kappa shape index (κ1) is 21.8. The highest BCUT2D eigenvalue weighted by molar-refractivity contribution is 9.10. The van der Waals surface area contributed by atoms with Gasteiger partial charge < -0.3 is 19.9 Å². The van der Waals surface area contributed by atoms with Gasteiger partial charge >= 0.3 is 0 Å². The highest BCUT2D eigenvalue weighted by Gasteiger charge is 2.35. The van der Waals surface area contributed by atoms with Crippen LogP contribution in [0, 0.1) is 12.8 Å². The van der Waals surface area contributed by atoms with Crippen LogP contribution in [0.3, 0.4) is 0 Å². The summed E-state index contributed by atoms with van der Waals surface area (Å²) in [6, 6.07) is 12.5. The molecule has 2 aromatic rings. The second-order valence-electron chi connectivity index (χ2n) is 7.43. The van der Waals surface area contributed by atoms with Crippen LogP contribution >= 0.6 is 15.9 Å². The second-order valence-corrected chi connectivity index (χ2v) is 8.28. The van der Waals surface area contributed by atoms with Gasteiger partial charge in [0.15, 0.2) is 6.61 Å². The van der Waals surface area contributed by atoms with Crippen molar-refractivity contribution >= 4 is 45.0 Å². The fourth-order valence-corrected chi connectivity index (χ4v) is 3.33. The quantitative estimate of drug-likeness (QED) is 0.698. The first-order chi connectivity index (χ1) is 14.2. The molecule has 0 aliphatic carbocycles. The molecule has 0 aromatic heterocycles. The maximum absolute atomic E-state index is 12.7. The Kier molecular flexibility index (Phi) is 6.77. The van der Waals surface area contributed by atoms with E-state index in [-0.39, 0.29) is 30.7 Å². The molecule has 8 heteroatoms. The number of carbonyl (C=O) groups is 3. The van der Waals surface area contributed by atoms with Gasteiger partial charge in [0.1, 0.15) is 5.75 Å². The van der Waals surface area contributed by atoms with Gasteiger partial charge in [-0.3, -0.25) is 14.4 Å². The van der Waals surface area contributed by atoms with Gasteiger partial charge in [0.25, 0.3) is 5.91 Å². The van der Waals surface area contributed by atoms with Gasteiger partial charge in [-0.1, -0.05) is 15.9 Å². The number of aryl methyl sites for hydroxylation is 1. The number of nitrogens with zero attached hydrogens (tertiary/aromatic N) is 2. The second kappa shape index (κ2) is 9.30. The minimum Gasteiger partial charge on any atom is -0.484 e. The van der Waals surface area contributed by atoms with E-state index in [0.29, 0.717) is 18.0 Å². The predicted molar refractivity (Wildman–Crippen MR) is 119 cm³/mol. The average Bonchev–Trinajstić information content (AvgIpc) is 3.11. The zero-order valence-electron chi connectivity index (χ0n) is 17.1. The van der Waals surface area contributed by atoms with Crippen LogP contribution in [-0.4, -0.2) is 49.9 Å². The molecule has 3 rings (SSSR count). The number of carbonyl (C=O) groups excluding carboxylic acids is 3. The predicted octanol–water partition coefficient (Wildman–Crippen LogP) is 3.22. The third kappa shape index (κ3) is 5.18. The van der Waals surface area contributed by atoms with Crippen LogP contribution in [-0.2, 0) is 14.4 Å². The molecule has 1 heterocycles. The number of anilines is 2. The van der Waals surface area contributed by atoms with Crippen LogP contribution in [0.15, 0.2) is 46.9 Å². The molecule has 0 bridgehead atoms. The Labute approximate surface area is 184 Å². The number of halogens is 1. The van der Waals surface area contributed by atoms with E-state index in [1.54, 1.807) is 43.3 Å². The number of nitrogens with one attached hydrogen (secondary N) is 1. The summed E-state index contributed by atoms with van der Waals surface area (Å²) in [5.41, 5.74) is 2.43. The lowest BCUT2D eigenvalue weighted by atomic mass is 10.1. The molecule has 1 aliphatic heterocycles. The Morgan fingerprint density at radius 3 is 2.53 bits per heavy atom. The maximum Gasteiger partial charge on any atom is 0.259 e. The Balaban J connectivity index is 1.57. The zero-order chi connectivity index (χ0) is 21.8. The molecule has 1 N–H and O–H groups in total. The Hall–Kier alpha value is -2.87. The van der Waals surface area contributed by atoms with Crippen molar-refractivity contribution < 1.29 is 19.1 Å². The molecule has 7 nitrogen and oxygen atoms in total. The highest BCUT2D eigenvalue weighted by atomic mass is 79.9. The van der Waals surface area contributed by atoms with Crippen molar-refractivity contribution in [3.05, 3.63) is 52.5 Å². The normalized spacial score (nSPS) is 15.8. The van der Waals surface area contributed by atoms with E-state index in [4.69, 9.17) is 4.74 Å². The van der Waals surface area contributed by atoms with Gasteiger partial charge in [-0.25, -0.2) is 0 Å². The van der Waals surface area contributed by atoms with Gasteiger partial charge in [0, 0.05) is 42.9 Å². The summed E-state index contributed by atoms with van der Waals surface area (Å²) in [4.78, 5) is 39.8. The fourth-order valence-electron chi connectivity index (χ4n) is 3.08. The monoisotopic (exact) mass is 473 g/mol. The number of hydrogen-bond donors (Lipinski definition) is 1. The van der Waals surface area contributed by atoms with Crippen molar-refractivity contribution in [3.63, 3.8) is 0 Å². The summed E-state index contributed by atoms with van der Waals surface area (Å²) in [6.07, 6.45) is 0.175. The molecule has 1 fully saturated rings. The lowest BCUT2D eigenvalue weighted by Crippen LogP contribution is -2.28. The number of likely N-dealkylation sites (N-methyl/N-ethyl adjacent to an activating group) is 1. The van der Waals surface area contributed by atoms with Crippen LogP contribution in [0.1, 0.15) is 12.0 Å². The zero-order valence-corrected chi connectivity index (χ0v) is 18.7. The van der Waals surface area contributed by atoms with Crippen molar-refractivity contribution in [2.24, 2.45) is 5.92 Å². The van der Waals surface area contributed by atoms with Crippen LogP contribution in [0.5, 0.6) is 5.75 Å². The fraction of sp³-hybridized carbons (Fsp3) is 0.318. The largest absolute Gasteiger partial charge is 0.484 e. The molecule has 1 atom stereocenters. The highest BCUT2D eigenvalue weighted by Crippen LogP contribution is 2.29. The van der Waals surface area contributed by atoms with E-state index in [1.165, 1.54) is 4.90 Å². The average molecular weight is 474 g/mol. The van der Waals surface area contributed by atoms with Crippen molar-refractivity contribution in [1.29, 1.82) is 0 Å². The number of benzene rings is 2. The molecule has 3 amide bonds. The molecule has 1 aliphatic rings. The van der Waals surface area contributed by atoms with Crippen molar-refractivity contribution in [2.45, 2.75) is 13.3 Å². The summed E-state index contributed by atoms with van der Waals surface area (Å²) in [7, 11) is 3.33. The van der Waals surface area contributed by atoms with E-state index in [9.17, 15) is 14.4 Å². The van der Waals surface area contributed by atoms with Crippen LogP contribution in [0.4, 0.5) is 11.4 Å². The summed E-state index contributed by atoms with van der Waals surface area (Å²) in [5.74, 6) is -0.280. The van der Waals surface area contributed by atoms with Crippen molar-refractivity contribution in [3.8, 4) is 5.75 Å². The molecule has 0 saturated carbocycles. The lowest BCUT2D eigenvalue weighted by Gasteiger charge is -2.18. The Morgan fingerprint density at radius 2 is 1.90 bits per heavy atom. The molecule has 1 unspecified atom stereocenters. The SMILES string of the molecule is Cc1cc(N2CC(C(=O)Nc3ccc(OCC(=O)N(C)C)cc3)CC2=O)ccc1Br. The number of amides is 3. The molecular weight excluding hydrogens is 450 g/mol. The standard InChI is InChI=1S/C22H24BrN3O4/c1-14-10-17(6-9-19(14)23)26-12-15(11-20(26)27)22(29)24-16-4-7-18(8-5-16)30-13-21(28)25(2)3/h4-10,15H,11-13H2,1-3H3,(H,24,29). The van der Waals surface area contributed by atoms with E-state index in [0.717, 1.165) is 15.7 Å². The molecule has 1 saturated heterocycles. The maximum atomic E-state index is 12.7. The summed E-state index contributed by atoms with van der Waals surface area (Å²) >= 11 is 3.46. The van der Waals surface area contributed by atoms with Crippen molar-refractivity contribution in [1.82, 2.24) is 4.90 Å². The lowest BCUT2D eigenvalue weighted by molar-refractivity contribution is -0.130. The van der Waals surface area contributed by atoms with Crippen LogP contribution in [0.25, 0.3) is 0 Å². The van der Waals surface area contributed by atoms with Crippen LogP contribution in [0.2, 0.25) is 0 Å². The molecule has 2 aromatic carbocycles. The van der Waals surface area contributed by atoms with E-state index in [1.807, 2.05) is 25.1 Å². The smallest absolute Gasteiger partial charge is 0.259 e. The van der Waals surface area contributed by atoms with Gasteiger partial charge in [-0.05, 0) is 55.0 Å². The van der Waals surface area contributed by atoms with E-state index >= 15 is 0 Å². The van der Waals surface area contributed by atoms with Crippen molar-refractivity contribution in [2.75, 3.05) is 37.5 Å². The van der Waals surface area contributed by atoms with Gasteiger partial charge in [0.05, 0.1) is 5.92 Å². The van der Waals surface area contributed by atoms with Gasteiger partial charge in [-0.15, -0.1) is 0 Å². The van der Waals surface area contributed by atoms with Gasteiger partial charge in [0.2, 0.25) is 11.8 Å². The molecule has 0 spiro atoms. The Bertz CT molecular complexity index is 959. The van der Waals surface area contributed by atoms with Crippen LogP contribution < -0.4 is 15.0 Å². The molecule has 0 radical (unpaired) electrons. The number of rotatable bonds is 6. The number of hydrogen-bond acceptors (Lipinski definition) is 4. The summed E-state index contributed by atoms with van der Waals surface area (Å²) < 4.78 is 6.40. The third-order valence-electron chi connectivity index (χ3n) is 4.93. The summed E-state index contributed by atoms with van der Waals surface area (Å²) in [6.45, 7) is 2.26. The third-order valence-corrected chi connectivity index (χ3v) is 5.82. The topological polar surface area (TPSA) is 79.0 Å². The Morgan fingerprint density at radius 1 is 1.20 bits per heavy atom. The van der Waals surface area contributed by atoms with Gasteiger partial charge in [-0.2, -0.15) is 0 Å². The molecular formula is C22H24BrN3O4. The molecule has 158 valence electrons. The first-order valence-corrected chi connectivity index (χ1v) is 10.3. The number of ether oxygens (including phenoxy) is 1. The molecule has 30 heavy (non-hydrogen) atoms. The van der Waals surface area contributed by atoms with E-state index < -0.39 is 5.92 Å².